The molecule has 1 fully saturated rings. The lowest BCUT2D eigenvalue weighted by atomic mass is 10.0. The van der Waals surface area contributed by atoms with Crippen molar-refractivity contribution in [3.63, 3.8) is 0 Å². The molecule has 2 heterocycles. The van der Waals surface area contributed by atoms with Gasteiger partial charge in [-0.2, -0.15) is 13.2 Å². The molecular formula is C36H54F4N8S. The summed E-state index contributed by atoms with van der Waals surface area (Å²) in [4.78, 5) is 11.9. The number of hydrogen-bond acceptors (Lipinski definition) is 7. The van der Waals surface area contributed by atoms with Crippen LogP contribution in [0.3, 0.4) is 0 Å². The van der Waals surface area contributed by atoms with Gasteiger partial charge in [0.1, 0.15) is 13.2 Å². The highest BCUT2D eigenvalue weighted by Crippen LogP contribution is 2.52. The van der Waals surface area contributed by atoms with Crippen LogP contribution in [-0.4, -0.2) is 89.4 Å². The number of allylic oxidation sites excluding steroid dienone is 1. The SMILES string of the molecule is C=Cc1csc(C2(CC)CC2)c1.C=NC(=NCCCNC)c1cc2c(NC(=CCCN(C)CNC)CF)cccc2n1CC(F)(F)F.CN. The summed E-state index contributed by atoms with van der Waals surface area (Å²) in [6.07, 6.45) is 4.64. The van der Waals surface area contributed by atoms with Gasteiger partial charge < -0.3 is 26.3 Å². The largest absolute Gasteiger partial charge is 0.406 e. The van der Waals surface area contributed by atoms with Crippen molar-refractivity contribution in [1.82, 2.24) is 20.1 Å². The maximum atomic E-state index is 13.7. The van der Waals surface area contributed by atoms with Gasteiger partial charge in [0, 0.05) is 46.8 Å². The average molecular weight is 707 g/mol. The molecule has 272 valence electrons. The topological polar surface area (TPSA) is 95.0 Å². The van der Waals surface area contributed by atoms with Crippen LogP contribution in [0.2, 0.25) is 0 Å². The number of aromatic nitrogens is 1. The van der Waals surface area contributed by atoms with E-state index in [4.69, 9.17) is 0 Å². The summed E-state index contributed by atoms with van der Waals surface area (Å²) in [5, 5.41) is 11.8. The first-order chi connectivity index (χ1) is 23.5. The number of halogens is 4. The summed E-state index contributed by atoms with van der Waals surface area (Å²) in [6, 6.07) is 8.86. The molecule has 0 unspecified atom stereocenters. The number of rotatable bonds is 17. The van der Waals surface area contributed by atoms with Gasteiger partial charge in [-0.3, -0.25) is 9.89 Å². The van der Waals surface area contributed by atoms with Crippen molar-refractivity contribution in [3.05, 3.63) is 70.2 Å². The van der Waals surface area contributed by atoms with Gasteiger partial charge in [0.15, 0.2) is 5.84 Å². The van der Waals surface area contributed by atoms with Gasteiger partial charge in [-0.25, -0.2) is 9.38 Å². The molecule has 1 aliphatic carbocycles. The van der Waals surface area contributed by atoms with Crippen molar-refractivity contribution in [3.8, 4) is 0 Å². The Hall–Kier alpha value is -3.36. The Bertz CT molecular complexity index is 1500. The summed E-state index contributed by atoms with van der Waals surface area (Å²) in [6.45, 7) is 10.2. The molecule has 0 spiro atoms. The Kier molecular flexibility index (Phi) is 17.9. The third kappa shape index (κ3) is 12.8. The molecule has 0 atom stereocenters. The van der Waals surface area contributed by atoms with Crippen LogP contribution in [0.4, 0.5) is 23.2 Å². The standard InChI is InChI=1S/C24H35F4N7.C11H14S.CH5N/c1-29-11-7-12-32-23(31-3)22-14-19-20(9-5-10-21(19)35(22)16-24(26,27)28)33-18(15-25)8-6-13-34(4)17-30-2;1-3-9-7-10(12-8-9)11(4-2)5-6-11;1-2/h5,8-10,14,29-30,33H,3,6-7,11-13,15-17H2,1-2,4H3;3,7-8H,1,4-6H2,2H3;2H2,1H3. The fourth-order valence-electron chi connectivity index (χ4n) is 5.36. The van der Waals surface area contributed by atoms with Gasteiger partial charge in [0.2, 0.25) is 0 Å². The van der Waals surface area contributed by atoms with Crippen LogP contribution >= 0.6 is 11.3 Å². The number of hydrogen-bond donors (Lipinski definition) is 4. The average Bonchev–Trinajstić information content (AvgIpc) is 3.59. The second-order valence-corrected chi connectivity index (χ2v) is 12.7. The number of anilines is 1. The number of thiophene rings is 1. The first-order valence-corrected chi connectivity index (χ1v) is 17.4. The minimum atomic E-state index is -4.45. The molecule has 3 aromatic rings. The number of nitrogens with zero attached hydrogens (tertiary/aromatic N) is 4. The maximum absolute atomic E-state index is 13.7. The van der Waals surface area contributed by atoms with Gasteiger partial charge in [0.25, 0.3) is 0 Å². The number of alkyl halides is 4. The second-order valence-electron chi connectivity index (χ2n) is 11.7. The number of aliphatic imine (C=N–C) groups is 2. The Morgan fingerprint density at radius 1 is 1.18 bits per heavy atom. The molecule has 8 nitrogen and oxygen atoms in total. The Morgan fingerprint density at radius 2 is 1.92 bits per heavy atom. The molecule has 2 aromatic heterocycles. The smallest absolute Gasteiger partial charge is 0.356 e. The predicted octanol–water partition coefficient (Wildman–Crippen LogP) is 7.43. The number of amidine groups is 1. The molecule has 0 aliphatic heterocycles. The van der Waals surface area contributed by atoms with E-state index in [0.29, 0.717) is 53.8 Å². The molecule has 49 heavy (non-hydrogen) atoms. The highest BCUT2D eigenvalue weighted by molar-refractivity contribution is 7.10. The third-order valence-corrected chi connectivity index (χ3v) is 9.38. The molecule has 0 amide bonds. The molecule has 13 heteroatoms. The van der Waals surface area contributed by atoms with Gasteiger partial charge >= 0.3 is 6.18 Å². The zero-order valence-corrected chi connectivity index (χ0v) is 30.4. The van der Waals surface area contributed by atoms with Crippen molar-refractivity contribution >= 4 is 46.6 Å². The molecular weight excluding hydrogens is 653 g/mol. The molecule has 0 saturated heterocycles. The fraction of sp³-hybridized carbons (Fsp3) is 0.500. The van der Waals surface area contributed by atoms with Crippen molar-refractivity contribution in [2.75, 3.05) is 66.5 Å². The van der Waals surface area contributed by atoms with Gasteiger partial charge in [-0.05, 0) is 109 Å². The summed E-state index contributed by atoms with van der Waals surface area (Å²) in [5.41, 5.74) is 7.78. The van der Waals surface area contributed by atoms with Crippen LogP contribution in [-0.2, 0) is 12.0 Å². The quantitative estimate of drug-likeness (QED) is 0.0385. The second kappa shape index (κ2) is 21.0. The van der Waals surface area contributed by atoms with E-state index in [0.717, 1.165) is 17.7 Å². The molecule has 1 aliphatic rings. The van der Waals surface area contributed by atoms with E-state index in [1.54, 1.807) is 35.2 Å². The molecule has 0 bridgehead atoms. The van der Waals surface area contributed by atoms with E-state index in [1.807, 2.05) is 38.6 Å². The van der Waals surface area contributed by atoms with E-state index in [9.17, 15) is 17.6 Å². The molecule has 0 radical (unpaired) electrons. The van der Waals surface area contributed by atoms with Crippen LogP contribution in [0, 0.1) is 0 Å². The first-order valence-electron chi connectivity index (χ1n) is 16.5. The van der Waals surface area contributed by atoms with Crippen molar-refractivity contribution in [1.29, 1.82) is 0 Å². The van der Waals surface area contributed by atoms with Crippen LogP contribution in [0.1, 0.15) is 55.2 Å². The van der Waals surface area contributed by atoms with Crippen LogP contribution in [0.25, 0.3) is 17.0 Å². The van der Waals surface area contributed by atoms with E-state index in [1.165, 1.54) is 31.9 Å². The van der Waals surface area contributed by atoms with E-state index >= 15 is 0 Å². The lowest BCUT2D eigenvalue weighted by molar-refractivity contribution is -0.139. The zero-order chi connectivity index (χ0) is 36.5. The molecule has 5 N–H and O–H groups in total. The van der Waals surface area contributed by atoms with Crippen molar-refractivity contribution in [2.24, 2.45) is 15.7 Å². The number of fused-ring (bicyclic) bond motifs is 1. The van der Waals surface area contributed by atoms with Crippen LogP contribution < -0.4 is 21.7 Å². The number of nitrogens with two attached hydrogens (primary N) is 1. The first kappa shape index (κ1) is 41.8. The lowest BCUT2D eigenvalue weighted by Gasteiger charge is -2.15. The Balaban J connectivity index is 0.000000491. The molecule has 1 aromatic carbocycles. The summed E-state index contributed by atoms with van der Waals surface area (Å²) >= 11 is 1.90. The van der Waals surface area contributed by atoms with Gasteiger partial charge in [0.05, 0.1) is 11.2 Å². The number of nitrogens with one attached hydrogen (secondary N) is 3. The molecule has 4 rings (SSSR count). The normalized spacial score (nSPS) is 14.2. The monoisotopic (exact) mass is 706 g/mol. The minimum Gasteiger partial charge on any atom is -0.356 e. The summed E-state index contributed by atoms with van der Waals surface area (Å²) in [5.74, 6) is 0.140. The number of benzene rings is 1. The Morgan fingerprint density at radius 3 is 2.47 bits per heavy atom. The third-order valence-electron chi connectivity index (χ3n) is 8.19. The van der Waals surface area contributed by atoms with Crippen LogP contribution in [0.15, 0.2) is 64.0 Å². The highest BCUT2D eigenvalue weighted by Gasteiger charge is 2.43. The predicted molar refractivity (Wildman–Crippen MR) is 202 cm³/mol. The minimum absolute atomic E-state index is 0.140. The highest BCUT2D eigenvalue weighted by atomic mass is 32.1. The fourth-order valence-corrected chi connectivity index (χ4v) is 6.59. The van der Waals surface area contributed by atoms with E-state index < -0.39 is 19.4 Å². The summed E-state index contributed by atoms with van der Waals surface area (Å²) < 4.78 is 55.3. The van der Waals surface area contributed by atoms with E-state index in [2.05, 4.69) is 68.2 Å². The van der Waals surface area contributed by atoms with E-state index in [-0.39, 0.29) is 11.5 Å². The zero-order valence-electron chi connectivity index (χ0n) is 29.6. The lowest BCUT2D eigenvalue weighted by Crippen LogP contribution is -2.29. The van der Waals surface area contributed by atoms with Crippen LogP contribution in [0.5, 0.6) is 0 Å². The van der Waals surface area contributed by atoms with Crippen molar-refractivity contribution < 1.29 is 17.6 Å². The molecule has 1 saturated carbocycles. The van der Waals surface area contributed by atoms with Crippen molar-refractivity contribution in [2.45, 2.75) is 57.2 Å². The van der Waals surface area contributed by atoms with Gasteiger partial charge in [-0.15, -0.1) is 11.3 Å². The van der Waals surface area contributed by atoms with Gasteiger partial charge in [-0.1, -0.05) is 31.7 Å². The maximum Gasteiger partial charge on any atom is 0.406 e. The Labute approximate surface area is 293 Å². The summed E-state index contributed by atoms with van der Waals surface area (Å²) in [7, 11) is 7.11.